The Morgan fingerprint density at radius 3 is 1.85 bits per heavy atom. The summed E-state index contributed by atoms with van der Waals surface area (Å²) in [6.07, 6.45) is 0. The molecule has 0 fully saturated rings. The fraction of sp³-hybridized carbons (Fsp3) is 0.120. The van der Waals surface area contributed by atoms with E-state index < -0.39 is 5.97 Å². The Morgan fingerprint density at radius 2 is 1.35 bits per heavy atom. The van der Waals surface area contributed by atoms with Crippen LogP contribution in [0.3, 0.4) is 0 Å². The van der Waals surface area contributed by atoms with E-state index >= 15 is 0 Å². The summed E-state index contributed by atoms with van der Waals surface area (Å²) in [5, 5.41) is 29.8. The number of amides is 1. The van der Waals surface area contributed by atoms with E-state index in [1.165, 1.54) is 13.2 Å². The fourth-order valence-corrected chi connectivity index (χ4v) is 2.89. The molecule has 0 aliphatic carbocycles. The van der Waals surface area contributed by atoms with Gasteiger partial charge >= 0.3 is 5.97 Å². The first kappa shape index (κ1) is 24.1. The van der Waals surface area contributed by atoms with Crippen molar-refractivity contribution in [2.75, 3.05) is 20.3 Å². The van der Waals surface area contributed by atoms with Gasteiger partial charge in [0.05, 0.1) is 13.7 Å². The van der Waals surface area contributed by atoms with E-state index in [0.29, 0.717) is 22.6 Å². The second-order valence-corrected chi connectivity index (χ2v) is 6.90. The van der Waals surface area contributed by atoms with Crippen molar-refractivity contribution in [1.82, 2.24) is 5.32 Å². The molecule has 0 spiro atoms. The summed E-state index contributed by atoms with van der Waals surface area (Å²) in [4.78, 5) is 22.7. The molecule has 0 unspecified atom stereocenters. The minimum Gasteiger partial charge on any atom is -0.508 e. The first-order valence-corrected chi connectivity index (χ1v) is 10.2. The average Bonchev–Trinajstić information content (AvgIpc) is 3.53. The standard InChI is InChI=1S/C13H13NO4.C12H10O4/c15-7-6-14-13(17)12-5-4-11(18-12)9-2-1-3-10(16)8-9;1-15-12(14)11-6-5-10(16-11)8-3-2-4-9(13)7-8/h1-5,8,15-16H,6-7H2,(H,14,17);2-7,13H,1H3. The highest BCUT2D eigenvalue weighted by atomic mass is 16.5. The number of benzene rings is 2. The largest absolute Gasteiger partial charge is 0.508 e. The maximum Gasteiger partial charge on any atom is 0.373 e. The van der Waals surface area contributed by atoms with Crippen molar-refractivity contribution in [2.24, 2.45) is 0 Å². The molecule has 0 saturated heterocycles. The molecule has 2 aromatic carbocycles. The maximum atomic E-state index is 11.5. The molecule has 4 aromatic rings. The molecule has 4 rings (SSSR count). The quantitative estimate of drug-likeness (QED) is 0.315. The molecule has 0 aliphatic rings. The zero-order valence-corrected chi connectivity index (χ0v) is 18.2. The van der Waals surface area contributed by atoms with Crippen molar-refractivity contribution in [3.8, 4) is 34.1 Å². The topological polar surface area (TPSA) is 142 Å². The molecule has 0 saturated carbocycles. The number of carbonyl (C=O) groups is 2. The van der Waals surface area contributed by atoms with Crippen LogP contribution in [-0.2, 0) is 4.74 Å². The van der Waals surface area contributed by atoms with Gasteiger partial charge in [0, 0.05) is 17.7 Å². The number of esters is 1. The summed E-state index contributed by atoms with van der Waals surface area (Å²) in [5.74, 6) is 0.699. The third kappa shape index (κ3) is 6.27. The van der Waals surface area contributed by atoms with Gasteiger partial charge in [-0.25, -0.2) is 4.79 Å². The zero-order chi connectivity index (χ0) is 24.5. The Hall–Kier alpha value is -4.50. The second-order valence-electron chi connectivity index (χ2n) is 6.90. The third-order valence-electron chi connectivity index (χ3n) is 4.48. The van der Waals surface area contributed by atoms with Crippen molar-refractivity contribution < 1.29 is 38.5 Å². The minimum atomic E-state index is -0.522. The molecule has 1 amide bonds. The molecular formula is C25H23NO8. The van der Waals surface area contributed by atoms with Crippen LogP contribution in [0.5, 0.6) is 11.5 Å². The molecule has 4 N–H and O–H groups in total. The number of methoxy groups -OCH3 is 1. The van der Waals surface area contributed by atoms with Crippen molar-refractivity contribution in [3.63, 3.8) is 0 Å². The van der Waals surface area contributed by atoms with E-state index in [2.05, 4.69) is 10.1 Å². The minimum absolute atomic E-state index is 0.119. The molecule has 0 bridgehead atoms. The number of aliphatic hydroxyl groups excluding tert-OH is 1. The van der Waals surface area contributed by atoms with Gasteiger partial charge in [0.25, 0.3) is 5.91 Å². The van der Waals surface area contributed by atoms with Crippen LogP contribution < -0.4 is 5.32 Å². The summed E-state index contributed by atoms with van der Waals surface area (Å²) in [6.45, 7) is 0.0624. The molecule has 9 nitrogen and oxygen atoms in total. The van der Waals surface area contributed by atoms with E-state index in [-0.39, 0.29) is 42.1 Å². The second kappa shape index (κ2) is 11.4. The number of carbonyl (C=O) groups excluding carboxylic acids is 2. The van der Waals surface area contributed by atoms with Crippen LogP contribution in [0.1, 0.15) is 21.1 Å². The van der Waals surface area contributed by atoms with Crippen LogP contribution >= 0.6 is 0 Å². The van der Waals surface area contributed by atoms with Gasteiger partial charge in [-0.2, -0.15) is 0 Å². The van der Waals surface area contributed by atoms with Crippen LogP contribution in [0, 0.1) is 0 Å². The van der Waals surface area contributed by atoms with Crippen LogP contribution in [0.25, 0.3) is 22.6 Å². The third-order valence-corrected chi connectivity index (χ3v) is 4.48. The van der Waals surface area contributed by atoms with Crippen LogP contribution in [0.4, 0.5) is 0 Å². The Morgan fingerprint density at radius 1 is 0.824 bits per heavy atom. The molecule has 2 aromatic heterocycles. The SMILES string of the molecule is COC(=O)c1ccc(-c2cccc(O)c2)o1.O=C(NCCO)c1ccc(-c2cccc(O)c2)o1. The molecule has 0 radical (unpaired) electrons. The van der Waals surface area contributed by atoms with Crippen LogP contribution in [0.15, 0.2) is 81.6 Å². The Labute approximate surface area is 194 Å². The number of hydrogen-bond acceptors (Lipinski definition) is 8. The Bertz CT molecular complexity index is 1260. The molecule has 9 heteroatoms. The van der Waals surface area contributed by atoms with Crippen molar-refractivity contribution in [2.45, 2.75) is 0 Å². The Kier molecular flexibility index (Phi) is 8.09. The van der Waals surface area contributed by atoms with Crippen LogP contribution in [-0.4, -0.2) is 47.5 Å². The maximum absolute atomic E-state index is 11.5. The predicted molar refractivity (Wildman–Crippen MR) is 122 cm³/mol. The smallest absolute Gasteiger partial charge is 0.373 e. The number of nitrogens with one attached hydrogen (secondary N) is 1. The molecule has 2 heterocycles. The number of hydrogen-bond donors (Lipinski definition) is 4. The van der Waals surface area contributed by atoms with Crippen molar-refractivity contribution >= 4 is 11.9 Å². The van der Waals surface area contributed by atoms with E-state index in [9.17, 15) is 19.8 Å². The van der Waals surface area contributed by atoms with Gasteiger partial charge < -0.3 is 34.2 Å². The molecule has 0 atom stereocenters. The number of rotatable bonds is 6. The molecule has 34 heavy (non-hydrogen) atoms. The zero-order valence-electron chi connectivity index (χ0n) is 18.2. The lowest BCUT2D eigenvalue weighted by molar-refractivity contribution is 0.0566. The van der Waals surface area contributed by atoms with E-state index in [1.807, 2.05) is 0 Å². The van der Waals surface area contributed by atoms with E-state index in [1.54, 1.807) is 66.7 Å². The number of aromatic hydroxyl groups is 2. The van der Waals surface area contributed by atoms with Gasteiger partial charge in [-0.3, -0.25) is 4.79 Å². The monoisotopic (exact) mass is 465 g/mol. The predicted octanol–water partition coefficient (Wildman–Crippen LogP) is 3.81. The van der Waals surface area contributed by atoms with Gasteiger partial charge in [-0.15, -0.1) is 0 Å². The molecule has 0 aliphatic heterocycles. The highest BCUT2D eigenvalue weighted by Crippen LogP contribution is 2.26. The lowest BCUT2D eigenvalue weighted by atomic mass is 10.2. The number of phenolic OH excluding ortho intramolecular Hbond substituents is 2. The summed E-state index contributed by atoms with van der Waals surface area (Å²) in [6, 6.07) is 19.6. The van der Waals surface area contributed by atoms with Gasteiger partial charge in [-0.1, -0.05) is 24.3 Å². The summed E-state index contributed by atoms with van der Waals surface area (Å²) in [7, 11) is 1.29. The molecular weight excluding hydrogens is 442 g/mol. The van der Waals surface area contributed by atoms with Gasteiger partial charge in [0.15, 0.2) is 5.76 Å². The van der Waals surface area contributed by atoms with Crippen LogP contribution in [0.2, 0.25) is 0 Å². The van der Waals surface area contributed by atoms with Crippen molar-refractivity contribution in [1.29, 1.82) is 0 Å². The lowest BCUT2D eigenvalue weighted by Crippen LogP contribution is -2.25. The van der Waals surface area contributed by atoms with Gasteiger partial charge in [0.2, 0.25) is 5.76 Å². The van der Waals surface area contributed by atoms with E-state index in [4.69, 9.17) is 13.9 Å². The highest BCUT2D eigenvalue weighted by Gasteiger charge is 2.13. The summed E-state index contributed by atoms with van der Waals surface area (Å²) in [5.41, 5.74) is 1.39. The lowest BCUT2D eigenvalue weighted by Gasteiger charge is -2.00. The number of ether oxygens (including phenoxy) is 1. The molecule has 176 valence electrons. The Balaban J connectivity index is 0.000000192. The first-order valence-electron chi connectivity index (χ1n) is 10.2. The average molecular weight is 465 g/mol. The summed E-state index contributed by atoms with van der Waals surface area (Å²) >= 11 is 0. The fourth-order valence-electron chi connectivity index (χ4n) is 2.89. The highest BCUT2D eigenvalue weighted by molar-refractivity contribution is 5.92. The summed E-state index contributed by atoms with van der Waals surface area (Å²) < 4.78 is 15.2. The normalized spacial score (nSPS) is 10.2. The van der Waals surface area contributed by atoms with Gasteiger partial charge in [0.1, 0.15) is 23.0 Å². The van der Waals surface area contributed by atoms with Gasteiger partial charge in [-0.05, 0) is 48.5 Å². The number of furan rings is 2. The van der Waals surface area contributed by atoms with Crippen molar-refractivity contribution in [3.05, 3.63) is 84.3 Å². The number of phenols is 2. The first-order chi connectivity index (χ1) is 16.4. The number of aliphatic hydroxyl groups is 1. The van der Waals surface area contributed by atoms with E-state index in [0.717, 1.165) is 0 Å².